The van der Waals surface area contributed by atoms with Crippen molar-refractivity contribution in [1.82, 2.24) is 5.43 Å². The number of hydrazine groups is 1. The molecule has 0 aliphatic heterocycles. The number of rotatable bonds is 5. The van der Waals surface area contributed by atoms with Gasteiger partial charge in [0.15, 0.2) is 0 Å². The van der Waals surface area contributed by atoms with Gasteiger partial charge in [0.25, 0.3) is 0 Å². The second-order valence-electron chi connectivity index (χ2n) is 3.92. The van der Waals surface area contributed by atoms with Crippen molar-refractivity contribution in [1.29, 1.82) is 0 Å². The van der Waals surface area contributed by atoms with Crippen LogP contribution in [0, 0.1) is 5.82 Å². The number of methoxy groups -OCH3 is 1. The summed E-state index contributed by atoms with van der Waals surface area (Å²) < 4.78 is 19.1. The maximum atomic E-state index is 13.5. The summed E-state index contributed by atoms with van der Waals surface area (Å²) in [5, 5.41) is 0. The number of nitrogens with one attached hydrogen (secondary N) is 2. The molecule has 0 spiro atoms. The number of ether oxygens (including phenoxy) is 1. The van der Waals surface area contributed by atoms with Crippen molar-refractivity contribution in [2.45, 2.75) is 6.54 Å². The van der Waals surface area contributed by atoms with E-state index in [2.05, 4.69) is 26.8 Å². The maximum Gasteiger partial charge on any atom is 0.137 e. The summed E-state index contributed by atoms with van der Waals surface area (Å²) in [5.41, 5.74) is 7.75. The van der Waals surface area contributed by atoms with Crippen LogP contribution in [0.1, 0.15) is 5.56 Å². The minimum Gasteiger partial charge on any atom is -0.496 e. The van der Waals surface area contributed by atoms with Crippen LogP contribution in [0.5, 0.6) is 5.75 Å². The summed E-state index contributed by atoms with van der Waals surface area (Å²) in [4.78, 5) is 0. The molecular weight excluding hydrogens is 311 g/mol. The average Bonchev–Trinajstić information content (AvgIpc) is 2.43. The van der Waals surface area contributed by atoms with E-state index in [1.165, 1.54) is 6.07 Å². The van der Waals surface area contributed by atoms with E-state index in [-0.39, 0.29) is 5.82 Å². The molecule has 0 saturated heterocycles. The lowest BCUT2D eigenvalue weighted by Gasteiger charge is -2.12. The SMILES string of the molecule is COc1cc(Br)c(F)cc1CNNc1ccccc1. The van der Waals surface area contributed by atoms with E-state index >= 15 is 0 Å². The van der Waals surface area contributed by atoms with Gasteiger partial charge in [0.2, 0.25) is 0 Å². The van der Waals surface area contributed by atoms with Crippen LogP contribution in [0.25, 0.3) is 0 Å². The summed E-state index contributed by atoms with van der Waals surface area (Å²) in [6.07, 6.45) is 0. The lowest BCUT2D eigenvalue weighted by Crippen LogP contribution is -2.21. The zero-order chi connectivity index (χ0) is 13.7. The fraction of sp³-hybridized carbons (Fsp3) is 0.143. The van der Waals surface area contributed by atoms with Crippen LogP contribution >= 0.6 is 15.9 Å². The van der Waals surface area contributed by atoms with E-state index in [4.69, 9.17) is 4.74 Å². The van der Waals surface area contributed by atoms with Crippen LogP contribution in [0.15, 0.2) is 46.9 Å². The Morgan fingerprint density at radius 3 is 2.63 bits per heavy atom. The molecule has 2 aromatic rings. The van der Waals surface area contributed by atoms with Gasteiger partial charge in [-0.1, -0.05) is 18.2 Å². The van der Waals surface area contributed by atoms with Crippen molar-refractivity contribution in [2.75, 3.05) is 12.5 Å². The monoisotopic (exact) mass is 324 g/mol. The van der Waals surface area contributed by atoms with Crippen molar-refractivity contribution in [2.24, 2.45) is 0 Å². The Labute approximate surface area is 119 Å². The highest BCUT2D eigenvalue weighted by molar-refractivity contribution is 9.10. The summed E-state index contributed by atoms with van der Waals surface area (Å²) >= 11 is 3.13. The van der Waals surface area contributed by atoms with Gasteiger partial charge in [-0.05, 0) is 40.2 Å². The van der Waals surface area contributed by atoms with Crippen LogP contribution in [0.4, 0.5) is 10.1 Å². The Hall–Kier alpha value is -1.59. The van der Waals surface area contributed by atoms with Gasteiger partial charge in [-0.2, -0.15) is 0 Å². The summed E-state index contributed by atoms with van der Waals surface area (Å²) in [6.45, 7) is 0.447. The van der Waals surface area contributed by atoms with Crippen molar-refractivity contribution in [3.63, 3.8) is 0 Å². The molecule has 5 heteroatoms. The van der Waals surface area contributed by atoms with E-state index in [1.54, 1.807) is 13.2 Å². The number of anilines is 1. The van der Waals surface area contributed by atoms with Crippen molar-refractivity contribution >= 4 is 21.6 Å². The highest BCUT2D eigenvalue weighted by atomic mass is 79.9. The Balaban J connectivity index is 2.01. The third kappa shape index (κ3) is 3.68. The molecular formula is C14H14BrFN2O. The molecule has 3 nitrogen and oxygen atoms in total. The van der Waals surface area contributed by atoms with Gasteiger partial charge in [-0.25, -0.2) is 9.82 Å². The molecule has 2 N–H and O–H groups in total. The predicted octanol–water partition coefficient (Wildman–Crippen LogP) is 3.71. The molecule has 0 amide bonds. The van der Waals surface area contributed by atoms with E-state index in [1.807, 2.05) is 30.3 Å². The third-order valence-electron chi connectivity index (χ3n) is 2.61. The van der Waals surface area contributed by atoms with Gasteiger partial charge in [-0.15, -0.1) is 0 Å². The van der Waals surface area contributed by atoms with E-state index in [0.29, 0.717) is 16.8 Å². The zero-order valence-electron chi connectivity index (χ0n) is 10.4. The number of hydrogen-bond donors (Lipinski definition) is 2. The number of halogens is 2. The van der Waals surface area contributed by atoms with Gasteiger partial charge in [0.1, 0.15) is 11.6 Å². The minimum absolute atomic E-state index is 0.308. The molecule has 0 unspecified atom stereocenters. The lowest BCUT2D eigenvalue weighted by molar-refractivity contribution is 0.406. The molecule has 0 saturated carbocycles. The van der Waals surface area contributed by atoms with Crippen LogP contribution < -0.4 is 15.6 Å². The molecule has 0 radical (unpaired) electrons. The van der Waals surface area contributed by atoms with Crippen molar-refractivity contribution in [3.05, 3.63) is 58.3 Å². The van der Waals surface area contributed by atoms with Crippen LogP contribution in [-0.4, -0.2) is 7.11 Å². The maximum absolute atomic E-state index is 13.5. The standard InChI is InChI=1S/C14H14BrFN2O/c1-19-14-8-12(15)13(16)7-10(14)9-17-18-11-5-3-2-4-6-11/h2-8,17-18H,9H2,1H3. The van der Waals surface area contributed by atoms with Gasteiger partial charge in [0, 0.05) is 17.8 Å². The molecule has 2 aromatic carbocycles. The molecule has 19 heavy (non-hydrogen) atoms. The zero-order valence-corrected chi connectivity index (χ0v) is 12.0. The van der Waals surface area contributed by atoms with Crippen molar-refractivity contribution < 1.29 is 9.13 Å². The highest BCUT2D eigenvalue weighted by Gasteiger charge is 2.08. The quantitative estimate of drug-likeness (QED) is 0.822. The van der Waals surface area contributed by atoms with Gasteiger partial charge in [-0.3, -0.25) is 0 Å². The first-order chi connectivity index (χ1) is 9.20. The summed E-state index contributed by atoms with van der Waals surface area (Å²) in [7, 11) is 1.56. The topological polar surface area (TPSA) is 33.3 Å². The van der Waals surface area contributed by atoms with Crippen LogP contribution in [0.2, 0.25) is 0 Å². The van der Waals surface area contributed by atoms with Crippen molar-refractivity contribution in [3.8, 4) is 5.75 Å². The fourth-order valence-electron chi connectivity index (χ4n) is 1.66. The first-order valence-electron chi connectivity index (χ1n) is 5.76. The van der Waals surface area contributed by atoms with E-state index in [0.717, 1.165) is 11.3 Å². The van der Waals surface area contributed by atoms with Gasteiger partial charge >= 0.3 is 0 Å². The predicted molar refractivity (Wildman–Crippen MR) is 77.6 cm³/mol. The second-order valence-corrected chi connectivity index (χ2v) is 4.78. The molecule has 0 bridgehead atoms. The fourth-order valence-corrected chi connectivity index (χ4v) is 1.98. The van der Waals surface area contributed by atoms with Gasteiger partial charge < -0.3 is 10.2 Å². The Kier molecular flexibility index (Phi) is 4.76. The van der Waals surface area contributed by atoms with E-state index < -0.39 is 0 Å². The largest absolute Gasteiger partial charge is 0.496 e. The van der Waals surface area contributed by atoms with E-state index in [9.17, 15) is 4.39 Å². The minimum atomic E-state index is -0.308. The molecule has 0 aliphatic carbocycles. The highest BCUT2D eigenvalue weighted by Crippen LogP contribution is 2.26. The average molecular weight is 325 g/mol. The number of para-hydroxylation sites is 1. The summed E-state index contributed by atoms with van der Waals surface area (Å²) in [6, 6.07) is 12.8. The smallest absolute Gasteiger partial charge is 0.137 e. The molecule has 100 valence electrons. The van der Waals surface area contributed by atoms with Crippen LogP contribution in [0.3, 0.4) is 0 Å². The molecule has 0 aromatic heterocycles. The Morgan fingerprint density at radius 1 is 1.21 bits per heavy atom. The summed E-state index contributed by atoms with van der Waals surface area (Å²) in [5.74, 6) is 0.327. The molecule has 2 rings (SSSR count). The molecule has 0 aliphatic rings. The normalized spacial score (nSPS) is 10.3. The molecule has 0 heterocycles. The third-order valence-corrected chi connectivity index (χ3v) is 3.22. The second kappa shape index (κ2) is 6.54. The number of benzene rings is 2. The molecule has 0 fully saturated rings. The first kappa shape index (κ1) is 13.8. The number of hydrogen-bond acceptors (Lipinski definition) is 3. The van der Waals surface area contributed by atoms with Crippen LogP contribution in [-0.2, 0) is 6.54 Å². The Morgan fingerprint density at radius 2 is 1.95 bits per heavy atom. The first-order valence-corrected chi connectivity index (χ1v) is 6.56. The Bertz CT molecular complexity index is 549. The lowest BCUT2D eigenvalue weighted by atomic mass is 10.2. The molecule has 0 atom stereocenters. The van der Waals surface area contributed by atoms with Gasteiger partial charge in [0.05, 0.1) is 11.6 Å².